The first-order valence-corrected chi connectivity index (χ1v) is 12.9. The Hall–Kier alpha value is -4.44. The van der Waals surface area contributed by atoms with Crippen LogP contribution in [0.25, 0.3) is 6.08 Å². The van der Waals surface area contributed by atoms with Gasteiger partial charge >= 0.3 is 0 Å². The first-order valence-electron chi connectivity index (χ1n) is 11.3. The Balaban J connectivity index is 1.82. The Morgan fingerprint density at radius 1 is 1.05 bits per heavy atom. The van der Waals surface area contributed by atoms with Gasteiger partial charge in [-0.05, 0) is 48.9 Å². The van der Waals surface area contributed by atoms with Gasteiger partial charge in [0.2, 0.25) is 9.84 Å². The maximum absolute atomic E-state index is 13.7. The van der Waals surface area contributed by atoms with Crippen molar-refractivity contribution in [1.29, 1.82) is 0 Å². The van der Waals surface area contributed by atoms with Crippen molar-refractivity contribution in [3.05, 3.63) is 111 Å². The molecule has 1 unspecified atom stereocenters. The first-order chi connectivity index (χ1) is 17.8. The summed E-state index contributed by atoms with van der Waals surface area (Å²) in [6.07, 6.45) is 4.34. The molecule has 3 aromatic carbocycles. The van der Waals surface area contributed by atoms with Gasteiger partial charge in [-0.3, -0.25) is 19.8 Å². The number of nitro benzene ring substituents is 1. The molecule has 1 atom stereocenters. The highest BCUT2D eigenvalue weighted by atomic mass is 32.2. The standard InChI is InChI=1S/C27H24N2O7S/c1-3-36-23-16-14-21(15-17-23)28-26(30)25(13-7-9-19-8-4-5-12-24(19)35-2)37(33,34)27(28)20-10-6-11-22(18-20)29(31)32/h4-18,27H,3H2,1-2H3/b9-7+,25-13+. The molecule has 9 nitrogen and oxygen atoms in total. The summed E-state index contributed by atoms with van der Waals surface area (Å²) in [6.45, 7) is 2.27. The van der Waals surface area contributed by atoms with E-state index in [0.717, 1.165) is 4.90 Å². The highest BCUT2D eigenvalue weighted by Crippen LogP contribution is 2.43. The molecule has 4 rings (SSSR count). The number of amides is 1. The lowest BCUT2D eigenvalue weighted by Crippen LogP contribution is -2.29. The molecule has 0 radical (unpaired) electrons. The van der Waals surface area contributed by atoms with Crippen molar-refractivity contribution in [1.82, 2.24) is 0 Å². The summed E-state index contributed by atoms with van der Waals surface area (Å²) in [5.41, 5.74) is 0.836. The molecule has 37 heavy (non-hydrogen) atoms. The summed E-state index contributed by atoms with van der Waals surface area (Å²) >= 11 is 0. The fourth-order valence-corrected chi connectivity index (χ4v) is 5.91. The zero-order valence-electron chi connectivity index (χ0n) is 20.1. The van der Waals surface area contributed by atoms with Crippen molar-refractivity contribution in [2.75, 3.05) is 18.6 Å². The van der Waals surface area contributed by atoms with E-state index in [2.05, 4.69) is 0 Å². The molecule has 0 aromatic heterocycles. The van der Waals surface area contributed by atoms with Crippen LogP contribution in [0.5, 0.6) is 11.5 Å². The van der Waals surface area contributed by atoms with Crippen molar-refractivity contribution in [2.45, 2.75) is 12.3 Å². The predicted octanol–water partition coefficient (Wildman–Crippen LogP) is 5.06. The minimum atomic E-state index is -4.26. The van der Waals surface area contributed by atoms with Crippen LogP contribution < -0.4 is 14.4 Å². The van der Waals surface area contributed by atoms with Crippen LogP contribution in [0.3, 0.4) is 0 Å². The third kappa shape index (κ3) is 5.10. The number of carbonyl (C=O) groups is 1. The molecule has 1 saturated heterocycles. The smallest absolute Gasteiger partial charge is 0.271 e. The number of nitro groups is 1. The number of ether oxygens (including phenoxy) is 2. The largest absolute Gasteiger partial charge is 0.496 e. The fraction of sp³-hybridized carbons (Fsp3) is 0.148. The lowest BCUT2D eigenvalue weighted by molar-refractivity contribution is -0.384. The molecule has 0 N–H and O–H groups in total. The summed E-state index contributed by atoms with van der Waals surface area (Å²) in [6, 6.07) is 18.9. The Labute approximate surface area is 214 Å². The molecule has 0 aliphatic carbocycles. The van der Waals surface area contributed by atoms with Gasteiger partial charge in [-0.1, -0.05) is 42.5 Å². The molecular weight excluding hydrogens is 496 g/mol. The molecule has 1 heterocycles. The zero-order valence-corrected chi connectivity index (χ0v) is 20.9. The quantitative estimate of drug-likeness (QED) is 0.232. The second kappa shape index (κ2) is 10.7. The number of para-hydroxylation sites is 1. The van der Waals surface area contributed by atoms with E-state index in [1.54, 1.807) is 54.6 Å². The van der Waals surface area contributed by atoms with Gasteiger partial charge in [-0.2, -0.15) is 0 Å². The normalized spacial score (nSPS) is 17.9. The Kier molecular flexibility index (Phi) is 7.40. The predicted molar refractivity (Wildman–Crippen MR) is 140 cm³/mol. The fourth-order valence-electron chi connectivity index (χ4n) is 4.06. The topological polar surface area (TPSA) is 116 Å². The molecule has 3 aromatic rings. The monoisotopic (exact) mass is 520 g/mol. The molecule has 1 amide bonds. The minimum Gasteiger partial charge on any atom is -0.496 e. The lowest BCUT2D eigenvalue weighted by Gasteiger charge is -2.23. The molecule has 1 aliphatic rings. The molecule has 1 fully saturated rings. The molecule has 0 spiro atoms. The zero-order chi connectivity index (χ0) is 26.6. The Morgan fingerprint density at radius 2 is 1.78 bits per heavy atom. The van der Waals surface area contributed by atoms with E-state index < -0.39 is 30.9 Å². The third-order valence-electron chi connectivity index (χ3n) is 5.72. The average Bonchev–Trinajstić information content (AvgIpc) is 3.09. The lowest BCUT2D eigenvalue weighted by atomic mass is 10.1. The number of non-ortho nitro benzene ring substituents is 1. The summed E-state index contributed by atoms with van der Waals surface area (Å²) in [7, 11) is -2.74. The number of allylic oxidation sites excluding steroid dienone is 2. The van der Waals surface area contributed by atoms with Gasteiger partial charge < -0.3 is 9.47 Å². The Bertz CT molecular complexity index is 1500. The van der Waals surface area contributed by atoms with Crippen molar-refractivity contribution in [3.8, 4) is 11.5 Å². The molecule has 190 valence electrons. The number of hydrogen-bond donors (Lipinski definition) is 0. The second-order valence-electron chi connectivity index (χ2n) is 7.98. The molecular formula is C27H24N2O7S. The van der Waals surface area contributed by atoms with Crippen molar-refractivity contribution < 1.29 is 27.6 Å². The third-order valence-corrected chi connectivity index (χ3v) is 7.71. The summed E-state index contributed by atoms with van der Waals surface area (Å²) in [4.78, 5) is 25.0. The highest BCUT2D eigenvalue weighted by molar-refractivity contribution is 7.97. The van der Waals surface area contributed by atoms with E-state index in [0.29, 0.717) is 29.4 Å². The summed E-state index contributed by atoms with van der Waals surface area (Å²) < 4.78 is 38.2. The van der Waals surface area contributed by atoms with E-state index in [1.165, 1.54) is 43.5 Å². The van der Waals surface area contributed by atoms with E-state index in [-0.39, 0.29) is 11.3 Å². The number of rotatable bonds is 8. The van der Waals surface area contributed by atoms with Crippen LogP contribution in [-0.4, -0.2) is 33.0 Å². The van der Waals surface area contributed by atoms with E-state index in [1.807, 2.05) is 6.92 Å². The van der Waals surface area contributed by atoms with Crippen LogP contribution in [0.2, 0.25) is 0 Å². The minimum absolute atomic E-state index is 0.105. The maximum atomic E-state index is 13.7. The van der Waals surface area contributed by atoms with Gasteiger partial charge in [0.1, 0.15) is 16.4 Å². The number of methoxy groups -OCH3 is 1. The van der Waals surface area contributed by atoms with Gasteiger partial charge in [0.15, 0.2) is 5.37 Å². The molecule has 0 saturated carbocycles. The SMILES string of the molecule is CCOc1ccc(N2C(=O)/C(=C\C=C\c3ccccc3OC)S(=O)(=O)C2c2cccc([N+](=O)[O-])c2)cc1. The number of hydrogen-bond acceptors (Lipinski definition) is 7. The number of benzene rings is 3. The molecule has 10 heteroatoms. The molecule has 1 aliphatic heterocycles. The second-order valence-corrected chi connectivity index (χ2v) is 9.96. The van der Waals surface area contributed by atoms with Crippen LogP contribution in [0.1, 0.15) is 23.4 Å². The van der Waals surface area contributed by atoms with Crippen molar-refractivity contribution in [2.24, 2.45) is 0 Å². The highest BCUT2D eigenvalue weighted by Gasteiger charge is 2.50. The number of anilines is 1. The summed E-state index contributed by atoms with van der Waals surface area (Å²) in [5, 5.41) is 9.89. The Morgan fingerprint density at radius 3 is 2.46 bits per heavy atom. The van der Waals surface area contributed by atoms with Crippen LogP contribution >= 0.6 is 0 Å². The van der Waals surface area contributed by atoms with Crippen LogP contribution in [0.4, 0.5) is 11.4 Å². The van der Waals surface area contributed by atoms with Crippen molar-refractivity contribution in [3.63, 3.8) is 0 Å². The van der Waals surface area contributed by atoms with Crippen LogP contribution in [-0.2, 0) is 14.6 Å². The van der Waals surface area contributed by atoms with E-state index in [4.69, 9.17) is 9.47 Å². The summed E-state index contributed by atoms with van der Waals surface area (Å²) in [5.74, 6) is 0.400. The number of sulfone groups is 1. The van der Waals surface area contributed by atoms with Gasteiger partial charge in [0.05, 0.1) is 18.6 Å². The van der Waals surface area contributed by atoms with E-state index in [9.17, 15) is 23.3 Å². The first kappa shape index (κ1) is 25.6. The van der Waals surface area contributed by atoms with Gasteiger partial charge in [0, 0.05) is 23.4 Å². The van der Waals surface area contributed by atoms with Gasteiger partial charge in [0.25, 0.3) is 11.6 Å². The van der Waals surface area contributed by atoms with Gasteiger partial charge in [-0.15, -0.1) is 0 Å². The van der Waals surface area contributed by atoms with Gasteiger partial charge in [-0.25, -0.2) is 8.42 Å². The van der Waals surface area contributed by atoms with Crippen LogP contribution in [0, 0.1) is 10.1 Å². The maximum Gasteiger partial charge on any atom is 0.271 e. The molecule has 0 bridgehead atoms. The number of nitrogens with zero attached hydrogens (tertiary/aromatic N) is 2. The van der Waals surface area contributed by atoms with E-state index >= 15 is 0 Å². The van der Waals surface area contributed by atoms with Crippen LogP contribution in [0.15, 0.2) is 89.9 Å². The number of carbonyl (C=O) groups excluding carboxylic acids is 1. The van der Waals surface area contributed by atoms with Crippen molar-refractivity contribution >= 4 is 33.2 Å². The average molecular weight is 521 g/mol.